The smallest absolute Gasteiger partial charge is 0.323 e. The van der Waals surface area contributed by atoms with Crippen LogP contribution in [-0.2, 0) is 19.6 Å². The van der Waals surface area contributed by atoms with Crippen molar-refractivity contribution >= 4 is 53.7 Å². The van der Waals surface area contributed by atoms with Crippen LogP contribution in [0.3, 0.4) is 0 Å². The van der Waals surface area contributed by atoms with Gasteiger partial charge >= 0.3 is 5.97 Å². The van der Waals surface area contributed by atoms with Crippen LogP contribution >= 0.6 is 31.9 Å². The molecule has 0 saturated carbocycles. The number of rotatable bonds is 5. The van der Waals surface area contributed by atoms with E-state index in [-0.39, 0.29) is 17.0 Å². The predicted octanol–water partition coefficient (Wildman–Crippen LogP) is 1.31. The van der Waals surface area contributed by atoms with E-state index in [0.717, 1.165) is 0 Å². The van der Waals surface area contributed by atoms with Crippen molar-refractivity contribution in [3.05, 3.63) is 15.4 Å². The Balaban J connectivity index is 2.79. The Morgan fingerprint density at radius 2 is 2.17 bits per heavy atom. The van der Waals surface area contributed by atoms with Crippen LogP contribution in [0.2, 0.25) is 0 Å². The van der Waals surface area contributed by atoms with Gasteiger partial charge in [0, 0.05) is 0 Å². The number of halogens is 2. The molecule has 1 heterocycles. The average molecular weight is 403 g/mol. The summed E-state index contributed by atoms with van der Waals surface area (Å²) in [6.07, 6.45) is 1.33. The second-order valence-corrected chi connectivity index (χ2v) is 6.28. The molecule has 0 atom stereocenters. The number of anilines is 1. The Hall–Kier alpha value is -0.740. The van der Waals surface area contributed by atoms with Crippen molar-refractivity contribution in [2.24, 2.45) is 0 Å². The topological polar surface area (TPSA) is 98.2 Å². The van der Waals surface area contributed by atoms with Crippen molar-refractivity contribution in [2.75, 3.05) is 17.1 Å². The van der Waals surface area contributed by atoms with Crippen LogP contribution in [0.1, 0.15) is 6.92 Å². The third-order valence-electron chi connectivity index (χ3n) is 1.57. The minimum absolute atomic E-state index is 0.00231. The van der Waals surface area contributed by atoms with Crippen LogP contribution in [-0.4, -0.2) is 36.7 Å². The number of aromatic nitrogens is 2. The lowest BCUT2D eigenvalue weighted by atomic mass is 10.7. The summed E-state index contributed by atoms with van der Waals surface area (Å²) in [6.45, 7) is 1.71. The number of hydrogen-bond acceptors (Lipinski definition) is 6. The summed E-state index contributed by atoms with van der Waals surface area (Å²) in [5, 5.41) is 0. The summed E-state index contributed by atoms with van der Waals surface area (Å²) < 4.78 is 30.6. The molecule has 1 N–H and O–H groups in total. The molecule has 1 aromatic heterocycles. The Morgan fingerprint density at radius 3 is 2.72 bits per heavy atom. The highest BCUT2D eigenvalue weighted by atomic mass is 79.9. The van der Waals surface area contributed by atoms with E-state index in [0.29, 0.717) is 4.60 Å². The third kappa shape index (κ3) is 4.86. The van der Waals surface area contributed by atoms with Gasteiger partial charge in [-0.1, -0.05) is 0 Å². The number of carbonyl (C=O) groups excluding carboxylic acids is 1. The van der Waals surface area contributed by atoms with E-state index in [9.17, 15) is 13.2 Å². The van der Waals surface area contributed by atoms with E-state index in [1.54, 1.807) is 6.92 Å². The van der Waals surface area contributed by atoms with Gasteiger partial charge in [-0.25, -0.2) is 18.4 Å². The zero-order chi connectivity index (χ0) is 13.8. The molecule has 0 unspecified atom stereocenters. The molecule has 0 amide bonds. The van der Waals surface area contributed by atoms with Gasteiger partial charge in [0.25, 0.3) is 0 Å². The monoisotopic (exact) mass is 401 g/mol. The molecule has 10 heteroatoms. The lowest BCUT2D eigenvalue weighted by molar-refractivity contribution is -0.139. The summed E-state index contributed by atoms with van der Waals surface area (Å²) in [5.41, 5.74) is 0. The highest BCUT2D eigenvalue weighted by Crippen LogP contribution is 2.20. The largest absolute Gasteiger partial charge is 0.465 e. The molecule has 18 heavy (non-hydrogen) atoms. The highest BCUT2D eigenvalue weighted by molar-refractivity contribution is 9.11. The molecule has 0 aliphatic carbocycles. The maximum Gasteiger partial charge on any atom is 0.323 e. The lowest BCUT2D eigenvalue weighted by Crippen LogP contribution is -2.25. The van der Waals surface area contributed by atoms with Crippen LogP contribution < -0.4 is 4.72 Å². The molecular formula is C8H9Br2N3O4S. The standard InChI is InChI=1S/C8H9Br2N3O4S/c1-2-17-6(14)4-18(15,16)13-8-7(10)12-5(9)3-11-8/h3H,2,4H2,1H3,(H,11,13). The number of nitrogens with one attached hydrogen (secondary N) is 1. The molecule has 0 radical (unpaired) electrons. The number of ether oxygens (including phenoxy) is 1. The van der Waals surface area contributed by atoms with Crippen molar-refractivity contribution in [3.8, 4) is 0 Å². The second-order valence-electron chi connectivity index (χ2n) is 3.00. The number of nitrogens with zero attached hydrogens (tertiary/aromatic N) is 2. The van der Waals surface area contributed by atoms with Gasteiger partial charge < -0.3 is 4.74 Å². The van der Waals surface area contributed by atoms with Gasteiger partial charge in [-0.3, -0.25) is 9.52 Å². The van der Waals surface area contributed by atoms with Gasteiger partial charge in [0.2, 0.25) is 10.0 Å². The summed E-state index contributed by atoms with van der Waals surface area (Å²) >= 11 is 6.13. The van der Waals surface area contributed by atoms with Crippen molar-refractivity contribution in [2.45, 2.75) is 6.92 Å². The summed E-state index contributed by atoms with van der Waals surface area (Å²) in [7, 11) is -3.86. The second kappa shape index (κ2) is 6.43. The van der Waals surface area contributed by atoms with Gasteiger partial charge in [0.05, 0.1) is 12.8 Å². The molecule has 0 aromatic carbocycles. The normalized spacial score (nSPS) is 11.1. The van der Waals surface area contributed by atoms with E-state index in [2.05, 4.69) is 51.3 Å². The number of hydrogen-bond donors (Lipinski definition) is 1. The third-order valence-corrected chi connectivity index (χ3v) is 3.62. The van der Waals surface area contributed by atoms with E-state index in [1.807, 2.05) is 0 Å². The molecule has 1 rings (SSSR count). The van der Waals surface area contributed by atoms with Crippen LogP contribution in [0, 0.1) is 0 Å². The maximum absolute atomic E-state index is 11.6. The average Bonchev–Trinajstić information content (AvgIpc) is 2.21. The Labute approximate surface area is 121 Å². The van der Waals surface area contributed by atoms with Gasteiger partial charge in [-0.2, -0.15) is 0 Å². The van der Waals surface area contributed by atoms with Gasteiger partial charge in [-0.05, 0) is 38.8 Å². The van der Waals surface area contributed by atoms with E-state index in [1.165, 1.54) is 6.20 Å². The summed E-state index contributed by atoms with van der Waals surface area (Å²) in [4.78, 5) is 18.8. The predicted molar refractivity (Wildman–Crippen MR) is 71.5 cm³/mol. The highest BCUT2D eigenvalue weighted by Gasteiger charge is 2.19. The van der Waals surface area contributed by atoms with E-state index < -0.39 is 21.7 Å². The minimum atomic E-state index is -3.86. The van der Waals surface area contributed by atoms with Gasteiger partial charge in [-0.15, -0.1) is 0 Å². The molecular weight excluding hydrogens is 394 g/mol. The zero-order valence-electron chi connectivity index (χ0n) is 9.18. The number of esters is 1. The van der Waals surface area contributed by atoms with Gasteiger partial charge in [0.15, 0.2) is 16.2 Å². The quantitative estimate of drug-likeness (QED) is 0.745. The molecule has 0 spiro atoms. The van der Waals surface area contributed by atoms with Crippen LogP contribution in [0.4, 0.5) is 5.82 Å². The van der Waals surface area contributed by atoms with Crippen molar-refractivity contribution in [1.29, 1.82) is 0 Å². The molecule has 0 aliphatic rings. The van der Waals surface area contributed by atoms with E-state index >= 15 is 0 Å². The number of carbonyl (C=O) groups is 1. The van der Waals surface area contributed by atoms with E-state index in [4.69, 9.17) is 0 Å². The maximum atomic E-state index is 11.6. The van der Waals surface area contributed by atoms with Crippen LogP contribution in [0.25, 0.3) is 0 Å². The van der Waals surface area contributed by atoms with Crippen molar-refractivity contribution < 1.29 is 17.9 Å². The molecule has 100 valence electrons. The first-order valence-electron chi connectivity index (χ1n) is 4.68. The van der Waals surface area contributed by atoms with Crippen molar-refractivity contribution in [3.63, 3.8) is 0 Å². The first-order chi connectivity index (χ1) is 8.34. The van der Waals surface area contributed by atoms with Crippen LogP contribution in [0.5, 0.6) is 0 Å². The fourth-order valence-corrected chi connectivity index (χ4v) is 2.91. The first-order valence-corrected chi connectivity index (χ1v) is 7.92. The summed E-state index contributed by atoms with van der Waals surface area (Å²) in [5.74, 6) is -1.60. The molecule has 0 aliphatic heterocycles. The number of sulfonamides is 1. The zero-order valence-corrected chi connectivity index (χ0v) is 13.2. The fraction of sp³-hybridized carbons (Fsp3) is 0.375. The minimum Gasteiger partial charge on any atom is -0.465 e. The Kier molecular flexibility index (Phi) is 5.47. The molecule has 0 bridgehead atoms. The fourth-order valence-electron chi connectivity index (χ4n) is 0.956. The molecule has 0 fully saturated rings. The Morgan fingerprint density at radius 1 is 1.50 bits per heavy atom. The molecule has 1 aromatic rings. The van der Waals surface area contributed by atoms with Gasteiger partial charge in [0.1, 0.15) is 4.60 Å². The van der Waals surface area contributed by atoms with Crippen LogP contribution in [0.15, 0.2) is 15.4 Å². The Bertz CT molecular complexity index is 549. The SMILES string of the molecule is CCOC(=O)CS(=O)(=O)Nc1ncc(Br)nc1Br. The summed E-state index contributed by atoms with van der Waals surface area (Å²) in [6, 6.07) is 0. The molecule has 7 nitrogen and oxygen atoms in total. The molecule has 0 saturated heterocycles. The first kappa shape index (κ1) is 15.3. The lowest BCUT2D eigenvalue weighted by Gasteiger charge is -2.07. The van der Waals surface area contributed by atoms with Crippen molar-refractivity contribution in [1.82, 2.24) is 9.97 Å².